The summed E-state index contributed by atoms with van der Waals surface area (Å²) >= 11 is 0. The molecule has 1 heterocycles. The van der Waals surface area contributed by atoms with Crippen molar-refractivity contribution in [2.75, 3.05) is 19.6 Å². The first-order valence-electron chi connectivity index (χ1n) is 7.72. The molecule has 0 spiro atoms. The van der Waals surface area contributed by atoms with Crippen LogP contribution in [0.2, 0.25) is 0 Å². The van der Waals surface area contributed by atoms with Gasteiger partial charge in [0, 0.05) is 25.2 Å². The minimum Gasteiger partial charge on any atom is -0.312 e. The maximum atomic E-state index is 13.8. The molecule has 0 radical (unpaired) electrons. The van der Waals surface area contributed by atoms with Gasteiger partial charge in [0.05, 0.1) is 0 Å². The van der Waals surface area contributed by atoms with Gasteiger partial charge in [0.2, 0.25) is 0 Å². The molecular formula is C17H27FN2. The fourth-order valence-electron chi connectivity index (χ4n) is 2.86. The second-order valence-corrected chi connectivity index (χ2v) is 6.34. The Bertz CT molecular complexity index is 445. The summed E-state index contributed by atoms with van der Waals surface area (Å²) in [6.45, 7) is 11.7. The summed E-state index contributed by atoms with van der Waals surface area (Å²) in [5.41, 5.74) is 1.80. The van der Waals surface area contributed by atoms with Crippen LogP contribution in [0.4, 0.5) is 4.39 Å². The van der Waals surface area contributed by atoms with Crippen LogP contribution >= 0.6 is 0 Å². The fraction of sp³-hybridized carbons (Fsp3) is 0.647. The van der Waals surface area contributed by atoms with E-state index in [0.717, 1.165) is 37.2 Å². The molecule has 0 amide bonds. The molecule has 1 saturated heterocycles. The maximum absolute atomic E-state index is 13.8. The Balaban J connectivity index is 2.13. The number of halogens is 1. The van der Waals surface area contributed by atoms with E-state index < -0.39 is 0 Å². The maximum Gasteiger partial charge on any atom is 0.126 e. The van der Waals surface area contributed by atoms with Gasteiger partial charge in [0.25, 0.3) is 0 Å². The zero-order valence-corrected chi connectivity index (χ0v) is 13.1. The van der Waals surface area contributed by atoms with Gasteiger partial charge in [-0.25, -0.2) is 4.39 Å². The first-order chi connectivity index (χ1) is 9.49. The number of benzene rings is 1. The van der Waals surface area contributed by atoms with Crippen LogP contribution in [0.25, 0.3) is 0 Å². The molecule has 2 atom stereocenters. The first-order valence-corrected chi connectivity index (χ1v) is 7.72. The van der Waals surface area contributed by atoms with Crippen LogP contribution < -0.4 is 5.32 Å². The lowest BCUT2D eigenvalue weighted by Crippen LogP contribution is -2.42. The van der Waals surface area contributed by atoms with Crippen LogP contribution in [0.15, 0.2) is 18.2 Å². The largest absolute Gasteiger partial charge is 0.312 e. The number of hydrogen-bond acceptors (Lipinski definition) is 2. The molecule has 1 aliphatic heterocycles. The van der Waals surface area contributed by atoms with Crippen molar-refractivity contribution in [3.05, 3.63) is 35.1 Å². The highest BCUT2D eigenvalue weighted by molar-refractivity contribution is 5.25. The van der Waals surface area contributed by atoms with Gasteiger partial charge < -0.3 is 5.32 Å². The third-order valence-corrected chi connectivity index (χ3v) is 4.49. The molecule has 0 bridgehead atoms. The predicted molar refractivity (Wildman–Crippen MR) is 82.4 cm³/mol. The third-order valence-electron chi connectivity index (χ3n) is 4.49. The molecule has 3 heteroatoms. The Labute approximate surface area is 122 Å². The molecule has 20 heavy (non-hydrogen) atoms. The smallest absolute Gasteiger partial charge is 0.126 e. The molecule has 1 aliphatic rings. The molecule has 0 aromatic heterocycles. The van der Waals surface area contributed by atoms with E-state index in [1.54, 1.807) is 6.07 Å². The molecular weight excluding hydrogens is 251 g/mol. The van der Waals surface area contributed by atoms with Crippen LogP contribution in [0, 0.1) is 18.7 Å². The predicted octanol–water partition coefficient (Wildman–Crippen LogP) is 3.52. The van der Waals surface area contributed by atoms with Crippen molar-refractivity contribution in [3.8, 4) is 0 Å². The van der Waals surface area contributed by atoms with Crippen LogP contribution in [0.1, 0.15) is 44.4 Å². The number of rotatable bonds is 3. The molecule has 2 rings (SSSR count). The Morgan fingerprint density at radius 3 is 2.70 bits per heavy atom. The van der Waals surface area contributed by atoms with E-state index in [9.17, 15) is 4.39 Å². The van der Waals surface area contributed by atoms with Crippen molar-refractivity contribution in [3.63, 3.8) is 0 Å². The highest BCUT2D eigenvalue weighted by Gasteiger charge is 2.24. The van der Waals surface area contributed by atoms with Crippen molar-refractivity contribution in [1.82, 2.24) is 10.2 Å². The Morgan fingerprint density at radius 1 is 1.30 bits per heavy atom. The van der Waals surface area contributed by atoms with Crippen LogP contribution in [-0.4, -0.2) is 30.6 Å². The van der Waals surface area contributed by atoms with Crippen LogP contribution in [0.5, 0.6) is 0 Å². The molecule has 0 saturated carbocycles. The van der Waals surface area contributed by atoms with Crippen molar-refractivity contribution < 1.29 is 4.39 Å². The molecule has 1 fully saturated rings. The first kappa shape index (κ1) is 15.5. The lowest BCUT2D eigenvalue weighted by atomic mass is 10.0. The number of hydrogen-bond donors (Lipinski definition) is 1. The third kappa shape index (κ3) is 3.58. The average molecular weight is 278 g/mol. The Hall–Kier alpha value is -0.930. The van der Waals surface area contributed by atoms with Crippen LogP contribution in [0.3, 0.4) is 0 Å². The van der Waals surface area contributed by atoms with E-state index in [2.05, 4.69) is 37.1 Å². The summed E-state index contributed by atoms with van der Waals surface area (Å²) in [6.07, 6.45) is 1.15. The van der Waals surface area contributed by atoms with E-state index in [1.165, 1.54) is 0 Å². The lowest BCUT2D eigenvalue weighted by molar-refractivity contribution is 0.192. The Kier molecular flexibility index (Phi) is 5.17. The van der Waals surface area contributed by atoms with E-state index in [4.69, 9.17) is 0 Å². The second kappa shape index (κ2) is 6.68. The van der Waals surface area contributed by atoms with Gasteiger partial charge in [-0.2, -0.15) is 0 Å². The van der Waals surface area contributed by atoms with Gasteiger partial charge >= 0.3 is 0 Å². The molecule has 2 nitrogen and oxygen atoms in total. The van der Waals surface area contributed by atoms with Gasteiger partial charge in [-0.15, -0.1) is 0 Å². The van der Waals surface area contributed by atoms with E-state index in [-0.39, 0.29) is 11.9 Å². The van der Waals surface area contributed by atoms with E-state index >= 15 is 0 Å². The van der Waals surface area contributed by atoms with Gasteiger partial charge in [0.15, 0.2) is 0 Å². The molecule has 2 unspecified atom stereocenters. The van der Waals surface area contributed by atoms with Crippen molar-refractivity contribution in [2.45, 2.75) is 46.2 Å². The quantitative estimate of drug-likeness (QED) is 0.910. The monoisotopic (exact) mass is 278 g/mol. The van der Waals surface area contributed by atoms with Crippen molar-refractivity contribution >= 4 is 0 Å². The van der Waals surface area contributed by atoms with Gasteiger partial charge in [0.1, 0.15) is 5.82 Å². The Morgan fingerprint density at radius 2 is 2.05 bits per heavy atom. The summed E-state index contributed by atoms with van der Waals surface area (Å²) in [7, 11) is 0. The topological polar surface area (TPSA) is 15.3 Å². The standard InChI is InChI=1S/C17H27FN2/c1-12(2)17-11-20(9-5-8-19-17)14(4)15-7-6-13(3)16(18)10-15/h6-7,10,12,14,17,19H,5,8-9,11H2,1-4H3. The second-order valence-electron chi connectivity index (χ2n) is 6.34. The molecule has 0 aliphatic carbocycles. The summed E-state index contributed by atoms with van der Waals surface area (Å²) in [4.78, 5) is 2.48. The summed E-state index contributed by atoms with van der Waals surface area (Å²) < 4.78 is 13.8. The summed E-state index contributed by atoms with van der Waals surface area (Å²) in [5.74, 6) is 0.528. The van der Waals surface area contributed by atoms with Gasteiger partial charge in [-0.05, 0) is 49.9 Å². The average Bonchev–Trinajstić information content (AvgIpc) is 2.67. The van der Waals surface area contributed by atoms with E-state index in [0.29, 0.717) is 12.0 Å². The van der Waals surface area contributed by atoms with Gasteiger partial charge in [-0.1, -0.05) is 26.0 Å². The van der Waals surface area contributed by atoms with Crippen molar-refractivity contribution in [2.24, 2.45) is 5.92 Å². The van der Waals surface area contributed by atoms with Crippen LogP contribution in [-0.2, 0) is 0 Å². The lowest BCUT2D eigenvalue weighted by Gasteiger charge is -2.32. The number of nitrogens with zero attached hydrogens (tertiary/aromatic N) is 1. The van der Waals surface area contributed by atoms with E-state index in [1.807, 2.05) is 13.0 Å². The highest BCUT2D eigenvalue weighted by Crippen LogP contribution is 2.24. The van der Waals surface area contributed by atoms with Crippen molar-refractivity contribution in [1.29, 1.82) is 0 Å². The minimum absolute atomic E-state index is 0.0947. The fourth-order valence-corrected chi connectivity index (χ4v) is 2.86. The molecule has 1 aromatic rings. The molecule has 112 valence electrons. The minimum atomic E-state index is -0.0947. The normalized spacial score (nSPS) is 22.8. The zero-order chi connectivity index (χ0) is 14.7. The van der Waals surface area contributed by atoms with Gasteiger partial charge in [-0.3, -0.25) is 4.90 Å². The molecule has 1 N–H and O–H groups in total. The summed E-state index contributed by atoms with van der Waals surface area (Å²) in [6, 6.07) is 6.44. The number of nitrogens with one attached hydrogen (secondary N) is 1. The zero-order valence-electron chi connectivity index (χ0n) is 13.1. The highest BCUT2D eigenvalue weighted by atomic mass is 19.1. The summed E-state index contributed by atoms with van der Waals surface area (Å²) in [5, 5.41) is 3.62. The molecule has 1 aromatic carbocycles. The SMILES string of the molecule is Cc1ccc(C(C)N2CCCNC(C(C)C)C2)cc1F. The number of aryl methyl sites for hydroxylation is 1.